The Morgan fingerprint density at radius 2 is 1.93 bits per heavy atom. The van der Waals surface area contributed by atoms with E-state index in [1.165, 1.54) is 11.8 Å². The zero-order valence-electron chi connectivity index (χ0n) is 16.1. The first kappa shape index (κ1) is 19.9. The number of benzene rings is 1. The van der Waals surface area contributed by atoms with Crippen molar-refractivity contribution in [3.8, 4) is 0 Å². The number of rotatable bonds is 6. The van der Waals surface area contributed by atoms with Gasteiger partial charge in [-0.2, -0.15) is 4.98 Å². The van der Waals surface area contributed by atoms with Gasteiger partial charge >= 0.3 is 0 Å². The Balaban J connectivity index is 2.03. The molecule has 0 aliphatic heterocycles. The molecule has 1 aromatic carbocycles. The Morgan fingerprint density at radius 1 is 1.19 bits per heavy atom. The summed E-state index contributed by atoms with van der Waals surface area (Å²) in [7, 11) is 0. The molecule has 0 amide bonds. The lowest BCUT2D eigenvalue weighted by atomic mass is 10.2. The average Bonchev–Trinajstić information content (AvgIpc) is 3.09. The zero-order chi connectivity index (χ0) is 19.7. The molecule has 0 fully saturated rings. The summed E-state index contributed by atoms with van der Waals surface area (Å²) in [6.45, 7) is 10.7. The van der Waals surface area contributed by atoms with Gasteiger partial charge in [0.1, 0.15) is 0 Å². The standard InChI is InChI=1S/C19H23ClN4O2S/c1-10(2)9-24-18(25)14-8-13(20)6-7-15(14)21-19(24)27-12(5)17-22-16(11(3)4)23-26-17/h6-8,10-12H,9H2,1-5H3. The smallest absolute Gasteiger partial charge is 0.262 e. The van der Waals surface area contributed by atoms with E-state index in [0.717, 1.165) is 0 Å². The summed E-state index contributed by atoms with van der Waals surface area (Å²) >= 11 is 7.52. The van der Waals surface area contributed by atoms with E-state index in [0.29, 0.717) is 45.3 Å². The molecule has 1 atom stereocenters. The highest BCUT2D eigenvalue weighted by Crippen LogP contribution is 2.34. The summed E-state index contributed by atoms with van der Waals surface area (Å²) in [6, 6.07) is 5.19. The highest BCUT2D eigenvalue weighted by atomic mass is 35.5. The van der Waals surface area contributed by atoms with E-state index in [9.17, 15) is 4.79 Å². The molecule has 6 nitrogen and oxygen atoms in total. The number of nitrogens with zero attached hydrogens (tertiary/aromatic N) is 4. The van der Waals surface area contributed by atoms with Crippen molar-refractivity contribution in [2.45, 2.75) is 57.5 Å². The fourth-order valence-corrected chi connectivity index (χ4v) is 3.76. The van der Waals surface area contributed by atoms with Crippen LogP contribution in [0.1, 0.15) is 57.5 Å². The SMILES string of the molecule is CC(C)Cn1c(SC(C)c2nc(C(C)C)no2)nc2ccc(Cl)cc2c1=O. The molecule has 2 heterocycles. The summed E-state index contributed by atoms with van der Waals surface area (Å²) in [4.78, 5) is 22.2. The molecule has 2 aromatic heterocycles. The Kier molecular flexibility index (Phi) is 5.91. The van der Waals surface area contributed by atoms with Crippen LogP contribution in [0.4, 0.5) is 0 Å². The highest BCUT2D eigenvalue weighted by molar-refractivity contribution is 7.99. The van der Waals surface area contributed by atoms with Gasteiger partial charge in [-0.25, -0.2) is 4.98 Å². The molecule has 0 saturated heterocycles. The molecule has 144 valence electrons. The third kappa shape index (κ3) is 4.35. The van der Waals surface area contributed by atoms with E-state index < -0.39 is 0 Å². The number of aromatic nitrogens is 4. The largest absolute Gasteiger partial charge is 0.338 e. The number of hydrogen-bond acceptors (Lipinski definition) is 6. The van der Waals surface area contributed by atoms with Gasteiger partial charge in [0.05, 0.1) is 16.2 Å². The van der Waals surface area contributed by atoms with Crippen LogP contribution in [0, 0.1) is 5.92 Å². The van der Waals surface area contributed by atoms with E-state index in [4.69, 9.17) is 21.1 Å². The van der Waals surface area contributed by atoms with Gasteiger partial charge in [0.2, 0.25) is 5.89 Å². The maximum atomic E-state index is 13.0. The van der Waals surface area contributed by atoms with Gasteiger partial charge in [0.15, 0.2) is 11.0 Å². The van der Waals surface area contributed by atoms with Gasteiger partial charge in [-0.15, -0.1) is 0 Å². The normalized spacial score (nSPS) is 13.0. The molecule has 3 rings (SSSR count). The van der Waals surface area contributed by atoms with Crippen molar-refractivity contribution in [3.05, 3.63) is 45.3 Å². The third-order valence-electron chi connectivity index (χ3n) is 4.03. The quantitative estimate of drug-likeness (QED) is 0.420. The lowest BCUT2D eigenvalue weighted by molar-refractivity contribution is 0.372. The molecule has 0 bridgehead atoms. The first-order valence-electron chi connectivity index (χ1n) is 8.96. The molecule has 0 N–H and O–H groups in total. The molecular formula is C19H23ClN4O2S. The van der Waals surface area contributed by atoms with E-state index in [1.54, 1.807) is 22.8 Å². The average molecular weight is 407 g/mol. The molecule has 27 heavy (non-hydrogen) atoms. The first-order valence-corrected chi connectivity index (χ1v) is 10.2. The molecule has 3 aromatic rings. The third-order valence-corrected chi connectivity index (χ3v) is 5.35. The highest BCUT2D eigenvalue weighted by Gasteiger charge is 2.21. The molecular weight excluding hydrogens is 384 g/mol. The Morgan fingerprint density at radius 3 is 2.56 bits per heavy atom. The van der Waals surface area contributed by atoms with E-state index in [1.807, 2.05) is 20.8 Å². The van der Waals surface area contributed by atoms with Crippen LogP contribution in [-0.2, 0) is 6.54 Å². The van der Waals surface area contributed by atoms with Crippen LogP contribution in [0.2, 0.25) is 5.02 Å². The van der Waals surface area contributed by atoms with Crippen LogP contribution in [0.25, 0.3) is 10.9 Å². The number of halogens is 1. The van der Waals surface area contributed by atoms with Gasteiger partial charge in [-0.05, 0) is 31.0 Å². The van der Waals surface area contributed by atoms with Gasteiger partial charge in [0, 0.05) is 17.5 Å². The van der Waals surface area contributed by atoms with Gasteiger partial charge in [-0.3, -0.25) is 9.36 Å². The second-order valence-corrected chi connectivity index (χ2v) is 9.02. The summed E-state index contributed by atoms with van der Waals surface area (Å²) in [5.41, 5.74) is 0.548. The van der Waals surface area contributed by atoms with Crippen molar-refractivity contribution < 1.29 is 4.52 Å². The Labute approximate surface area is 167 Å². The Hall–Kier alpha value is -1.86. The van der Waals surface area contributed by atoms with Crippen molar-refractivity contribution in [2.24, 2.45) is 5.92 Å². The number of thioether (sulfide) groups is 1. The second-order valence-electron chi connectivity index (χ2n) is 7.27. The maximum Gasteiger partial charge on any atom is 0.262 e. The summed E-state index contributed by atoms with van der Waals surface area (Å²) in [5, 5.41) is 5.59. The summed E-state index contributed by atoms with van der Waals surface area (Å²) < 4.78 is 7.11. The monoisotopic (exact) mass is 406 g/mol. The molecule has 0 aliphatic rings. The minimum atomic E-state index is -0.125. The van der Waals surface area contributed by atoms with E-state index in [2.05, 4.69) is 24.0 Å². The predicted octanol–water partition coefficient (Wildman–Crippen LogP) is 5.07. The van der Waals surface area contributed by atoms with Crippen molar-refractivity contribution in [3.63, 3.8) is 0 Å². The lowest BCUT2D eigenvalue weighted by Gasteiger charge is -2.16. The van der Waals surface area contributed by atoms with E-state index in [-0.39, 0.29) is 16.7 Å². The van der Waals surface area contributed by atoms with Gasteiger partial charge < -0.3 is 4.52 Å². The molecule has 1 unspecified atom stereocenters. The minimum Gasteiger partial charge on any atom is -0.338 e. The van der Waals surface area contributed by atoms with Crippen LogP contribution in [0.3, 0.4) is 0 Å². The van der Waals surface area contributed by atoms with Crippen LogP contribution >= 0.6 is 23.4 Å². The molecule has 0 saturated carbocycles. The van der Waals surface area contributed by atoms with Crippen molar-refractivity contribution >= 4 is 34.3 Å². The van der Waals surface area contributed by atoms with Crippen LogP contribution in [-0.4, -0.2) is 19.7 Å². The zero-order valence-corrected chi connectivity index (χ0v) is 17.6. The predicted molar refractivity (Wildman–Crippen MR) is 109 cm³/mol. The number of fused-ring (bicyclic) bond motifs is 1. The van der Waals surface area contributed by atoms with Crippen LogP contribution < -0.4 is 5.56 Å². The topological polar surface area (TPSA) is 73.8 Å². The fourth-order valence-electron chi connectivity index (χ4n) is 2.64. The van der Waals surface area contributed by atoms with Crippen molar-refractivity contribution in [1.82, 2.24) is 19.7 Å². The fraction of sp³-hybridized carbons (Fsp3) is 0.474. The molecule has 0 radical (unpaired) electrons. The first-order chi connectivity index (χ1) is 12.8. The van der Waals surface area contributed by atoms with Crippen LogP contribution in [0.15, 0.2) is 32.7 Å². The maximum absolute atomic E-state index is 13.0. The molecule has 0 aliphatic carbocycles. The molecule has 8 heteroatoms. The van der Waals surface area contributed by atoms with Crippen molar-refractivity contribution in [2.75, 3.05) is 0 Å². The van der Waals surface area contributed by atoms with Gasteiger partial charge in [-0.1, -0.05) is 56.2 Å². The van der Waals surface area contributed by atoms with Crippen LogP contribution in [0.5, 0.6) is 0 Å². The van der Waals surface area contributed by atoms with Gasteiger partial charge in [0.25, 0.3) is 5.56 Å². The lowest BCUT2D eigenvalue weighted by Crippen LogP contribution is -2.25. The molecule has 0 spiro atoms. The Bertz CT molecular complexity index is 1010. The van der Waals surface area contributed by atoms with Crippen molar-refractivity contribution in [1.29, 1.82) is 0 Å². The number of hydrogen-bond donors (Lipinski definition) is 0. The minimum absolute atomic E-state index is 0.0840. The summed E-state index contributed by atoms with van der Waals surface area (Å²) in [6.07, 6.45) is 0. The van der Waals surface area contributed by atoms with E-state index >= 15 is 0 Å². The second kappa shape index (κ2) is 8.02. The summed E-state index contributed by atoms with van der Waals surface area (Å²) in [5.74, 6) is 1.71.